The van der Waals surface area contributed by atoms with Crippen molar-refractivity contribution < 1.29 is 13.2 Å². The Morgan fingerprint density at radius 3 is 2.89 bits per heavy atom. The highest BCUT2D eigenvalue weighted by Gasteiger charge is 2.26. The molecule has 1 aliphatic heterocycles. The van der Waals surface area contributed by atoms with Crippen molar-refractivity contribution in [2.45, 2.75) is 17.2 Å². The second-order valence-electron chi connectivity index (χ2n) is 4.35. The molecule has 1 saturated heterocycles. The van der Waals surface area contributed by atoms with E-state index in [4.69, 9.17) is 4.74 Å². The zero-order valence-corrected chi connectivity index (χ0v) is 12.2. The van der Waals surface area contributed by atoms with Crippen LogP contribution in [0.2, 0.25) is 0 Å². The van der Waals surface area contributed by atoms with E-state index in [1.54, 1.807) is 13.1 Å². The molecule has 2 heterocycles. The Hall–Kier alpha value is -0.470. The maximum Gasteiger partial charge on any atom is 0.252 e. The van der Waals surface area contributed by atoms with Crippen LogP contribution in [-0.4, -0.2) is 52.1 Å². The highest BCUT2D eigenvalue weighted by atomic mass is 32.2. The van der Waals surface area contributed by atoms with Crippen molar-refractivity contribution in [2.24, 2.45) is 0 Å². The summed E-state index contributed by atoms with van der Waals surface area (Å²) in [5.41, 5.74) is 0. The molecule has 1 atom stereocenters. The zero-order chi connectivity index (χ0) is 13.2. The number of hydrogen-bond acceptors (Lipinski definition) is 5. The minimum atomic E-state index is -3.37. The molecule has 1 aromatic heterocycles. The van der Waals surface area contributed by atoms with Gasteiger partial charge in [0.15, 0.2) is 0 Å². The second-order valence-corrected chi connectivity index (χ2v) is 7.91. The molecule has 0 radical (unpaired) electrons. The first kappa shape index (κ1) is 14.0. The fraction of sp³-hybridized carbons (Fsp3) is 0.636. The summed E-state index contributed by atoms with van der Waals surface area (Å²) in [5.74, 6) is 0. The average molecular weight is 290 g/mol. The average Bonchev–Trinajstić information content (AvgIpc) is 2.78. The minimum absolute atomic E-state index is 0.0698. The van der Waals surface area contributed by atoms with Crippen LogP contribution in [0.4, 0.5) is 0 Å². The zero-order valence-electron chi connectivity index (χ0n) is 10.5. The highest BCUT2D eigenvalue weighted by molar-refractivity contribution is 7.91. The number of nitrogens with zero attached hydrogens (tertiary/aromatic N) is 1. The molecule has 0 saturated carbocycles. The van der Waals surface area contributed by atoms with E-state index in [0.29, 0.717) is 23.9 Å². The molecule has 1 N–H and O–H groups in total. The van der Waals surface area contributed by atoms with Crippen LogP contribution in [0.25, 0.3) is 0 Å². The Morgan fingerprint density at radius 2 is 2.33 bits per heavy atom. The minimum Gasteiger partial charge on any atom is -0.374 e. The van der Waals surface area contributed by atoms with E-state index < -0.39 is 10.0 Å². The van der Waals surface area contributed by atoms with E-state index >= 15 is 0 Å². The number of thiophene rings is 1. The van der Waals surface area contributed by atoms with E-state index in [1.807, 2.05) is 13.0 Å². The summed E-state index contributed by atoms with van der Waals surface area (Å²) in [6.45, 7) is 4.45. The van der Waals surface area contributed by atoms with E-state index in [-0.39, 0.29) is 6.10 Å². The Morgan fingerprint density at radius 1 is 1.56 bits per heavy atom. The molecule has 5 nitrogen and oxygen atoms in total. The molecular weight excluding hydrogens is 272 g/mol. The highest BCUT2D eigenvalue weighted by Crippen LogP contribution is 2.23. The van der Waals surface area contributed by atoms with Crippen LogP contribution in [0.15, 0.2) is 16.3 Å². The van der Waals surface area contributed by atoms with Crippen molar-refractivity contribution in [1.82, 2.24) is 9.62 Å². The standard InChI is InChI=1S/C11H18N2O3S2/c1-9-3-4-11(17-9)18(14,15)13(2)8-10-7-12-5-6-16-10/h3-4,10,12H,5-8H2,1-2H3. The number of aryl methyl sites for hydroxylation is 1. The van der Waals surface area contributed by atoms with Crippen molar-refractivity contribution in [1.29, 1.82) is 0 Å². The maximum atomic E-state index is 12.3. The smallest absolute Gasteiger partial charge is 0.252 e. The van der Waals surface area contributed by atoms with Crippen molar-refractivity contribution in [3.63, 3.8) is 0 Å². The molecule has 1 aromatic rings. The van der Waals surface area contributed by atoms with Crippen LogP contribution in [0.5, 0.6) is 0 Å². The van der Waals surface area contributed by atoms with Gasteiger partial charge < -0.3 is 10.1 Å². The fourth-order valence-corrected chi connectivity index (χ4v) is 4.52. The number of morpholine rings is 1. The van der Waals surface area contributed by atoms with Crippen LogP contribution in [0.1, 0.15) is 4.88 Å². The van der Waals surface area contributed by atoms with Gasteiger partial charge in [-0.1, -0.05) is 0 Å². The van der Waals surface area contributed by atoms with Gasteiger partial charge in [-0.3, -0.25) is 0 Å². The van der Waals surface area contributed by atoms with E-state index in [0.717, 1.165) is 11.4 Å². The molecule has 0 aliphatic carbocycles. The van der Waals surface area contributed by atoms with Gasteiger partial charge >= 0.3 is 0 Å². The molecule has 18 heavy (non-hydrogen) atoms. The first-order valence-electron chi connectivity index (χ1n) is 5.85. The SMILES string of the molecule is Cc1ccc(S(=O)(=O)N(C)CC2CNCCO2)s1. The van der Waals surface area contributed by atoms with Crippen molar-refractivity contribution >= 4 is 21.4 Å². The molecule has 7 heteroatoms. The number of nitrogens with one attached hydrogen (secondary N) is 1. The molecule has 0 bridgehead atoms. The molecule has 2 rings (SSSR count). The summed E-state index contributed by atoms with van der Waals surface area (Å²) >= 11 is 1.30. The lowest BCUT2D eigenvalue weighted by atomic mass is 10.3. The summed E-state index contributed by atoms with van der Waals surface area (Å²) in [5, 5.41) is 3.19. The summed E-state index contributed by atoms with van der Waals surface area (Å²) in [6, 6.07) is 3.48. The Labute approximate surface area is 112 Å². The quantitative estimate of drug-likeness (QED) is 0.885. The third-order valence-electron chi connectivity index (χ3n) is 2.85. The molecule has 0 aromatic carbocycles. The normalized spacial score (nSPS) is 21.4. The third kappa shape index (κ3) is 3.10. The molecule has 1 unspecified atom stereocenters. The van der Waals surface area contributed by atoms with Crippen LogP contribution in [0, 0.1) is 6.92 Å². The van der Waals surface area contributed by atoms with Gasteiger partial charge in [-0.25, -0.2) is 8.42 Å². The number of sulfonamides is 1. The molecular formula is C11H18N2O3S2. The van der Waals surface area contributed by atoms with E-state index in [1.165, 1.54) is 15.6 Å². The predicted octanol–water partition coefficient (Wildman–Crippen LogP) is 0.665. The number of rotatable bonds is 4. The number of likely N-dealkylation sites (N-methyl/N-ethyl adjacent to an activating group) is 1. The summed E-state index contributed by atoms with van der Waals surface area (Å²) < 4.78 is 31.8. The van der Waals surface area contributed by atoms with Gasteiger partial charge in [0.1, 0.15) is 4.21 Å². The van der Waals surface area contributed by atoms with Gasteiger partial charge in [-0.05, 0) is 19.1 Å². The fourth-order valence-electron chi connectivity index (χ4n) is 1.83. The van der Waals surface area contributed by atoms with Gasteiger partial charge in [-0.15, -0.1) is 11.3 Å². The molecule has 0 spiro atoms. The second kappa shape index (κ2) is 5.66. The summed E-state index contributed by atoms with van der Waals surface area (Å²) in [4.78, 5) is 0.998. The van der Waals surface area contributed by atoms with Crippen molar-refractivity contribution in [3.8, 4) is 0 Å². The van der Waals surface area contributed by atoms with Crippen LogP contribution in [-0.2, 0) is 14.8 Å². The van der Waals surface area contributed by atoms with E-state index in [2.05, 4.69) is 5.32 Å². The third-order valence-corrected chi connectivity index (χ3v) is 6.14. The number of hydrogen-bond donors (Lipinski definition) is 1. The first-order chi connectivity index (χ1) is 8.50. The van der Waals surface area contributed by atoms with Crippen LogP contribution in [0.3, 0.4) is 0 Å². The first-order valence-corrected chi connectivity index (χ1v) is 8.11. The Bertz CT molecular complexity index is 492. The molecule has 1 aliphatic rings. The Balaban J connectivity index is 2.05. The van der Waals surface area contributed by atoms with Crippen LogP contribution < -0.4 is 5.32 Å². The van der Waals surface area contributed by atoms with Gasteiger partial charge in [0.05, 0.1) is 12.7 Å². The number of ether oxygens (including phenoxy) is 1. The largest absolute Gasteiger partial charge is 0.374 e. The van der Waals surface area contributed by atoms with Gasteiger partial charge in [-0.2, -0.15) is 4.31 Å². The monoisotopic (exact) mass is 290 g/mol. The lowest BCUT2D eigenvalue weighted by molar-refractivity contribution is 0.0206. The lowest BCUT2D eigenvalue weighted by Crippen LogP contribution is -2.45. The topological polar surface area (TPSA) is 58.6 Å². The molecule has 0 amide bonds. The molecule has 102 valence electrons. The van der Waals surface area contributed by atoms with Gasteiger partial charge in [0.25, 0.3) is 10.0 Å². The summed E-state index contributed by atoms with van der Waals surface area (Å²) in [7, 11) is -1.77. The predicted molar refractivity (Wildman–Crippen MR) is 71.5 cm³/mol. The Kier molecular flexibility index (Phi) is 4.39. The van der Waals surface area contributed by atoms with Crippen molar-refractivity contribution in [2.75, 3.05) is 33.3 Å². The van der Waals surface area contributed by atoms with E-state index in [9.17, 15) is 8.42 Å². The molecule has 1 fully saturated rings. The van der Waals surface area contributed by atoms with Gasteiger partial charge in [0, 0.05) is 31.6 Å². The van der Waals surface area contributed by atoms with Crippen molar-refractivity contribution in [3.05, 3.63) is 17.0 Å². The maximum absolute atomic E-state index is 12.3. The van der Waals surface area contributed by atoms with Crippen LogP contribution >= 0.6 is 11.3 Å². The summed E-state index contributed by atoms with van der Waals surface area (Å²) in [6.07, 6.45) is -0.0698. The van der Waals surface area contributed by atoms with Gasteiger partial charge in [0.2, 0.25) is 0 Å². The lowest BCUT2D eigenvalue weighted by Gasteiger charge is -2.27.